The second-order valence-corrected chi connectivity index (χ2v) is 9.64. The Labute approximate surface area is 186 Å². The lowest BCUT2D eigenvalue weighted by molar-refractivity contribution is -0.144. The SMILES string of the molecule is CCC(CSCC(NC(=O)N1CCCC1C(=O)OC)C(=O)OC)C(C)C(C)C(C)C. The summed E-state index contributed by atoms with van der Waals surface area (Å²) in [7, 11) is 2.64. The first kappa shape index (κ1) is 26.6. The summed E-state index contributed by atoms with van der Waals surface area (Å²) in [6, 6.07) is -1.77. The highest BCUT2D eigenvalue weighted by atomic mass is 32.2. The molecule has 30 heavy (non-hydrogen) atoms. The Hall–Kier alpha value is -1.44. The second-order valence-electron chi connectivity index (χ2n) is 8.57. The molecule has 0 aromatic heterocycles. The summed E-state index contributed by atoms with van der Waals surface area (Å²) in [4.78, 5) is 38.3. The smallest absolute Gasteiger partial charge is 0.329 e. The molecule has 8 heteroatoms. The Bertz CT molecular complexity index is 572. The predicted molar refractivity (Wildman–Crippen MR) is 120 cm³/mol. The van der Waals surface area contributed by atoms with Gasteiger partial charge in [-0.25, -0.2) is 14.4 Å². The molecule has 0 saturated carbocycles. The molecule has 0 aromatic rings. The van der Waals surface area contributed by atoms with Gasteiger partial charge in [-0.1, -0.05) is 41.0 Å². The van der Waals surface area contributed by atoms with Gasteiger partial charge in [0.25, 0.3) is 0 Å². The molecule has 1 saturated heterocycles. The number of urea groups is 1. The van der Waals surface area contributed by atoms with E-state index in [1.54, 1.807) is 11.8 Å². The molecule has 0 spiro atoms. The van der Waals surface area contributed by atoms with E-state index >= 15 is 0 Å². The fraction of sp³-hybridized carbons (Fsp3) is 0.864. The third kappa shape index (κ3) is 7.36. The number of nitrogens with zero attached hydrogens (tertiary/aromatic N) is 1. The first-order valence-electron chi connectivity index (χ1n) is 11.0. The molecule has 0 radical (unpaired) electrons. The molecule has 0 aromatic carbocycles. The van der Waals surface area contributed by atoms with Crippen molar-refractivity contribution < 1.29 is 23.9 Å². The van der Waals surface area contributed by atoms with Crippen LogP contribution < -0.4 is 5.32 Å². The number of methoxy groups -OCH3 is 2. The summed E-state index contributed by atoms with van der Waals surface area (Å²) in [5.41, 5.74) is 0. The lowest BCUT2D eigenvalue weighted by Crippen LogP contribution is -2.52. The highest BCUT2D eigenvalue weighted by molar-refractivity contribution is 7.99. The van der Waals surface area contributed by atoms with Crippen molar-refractivity contribution in [1.29, 1.82) is 0 Å². The maximum Gasteiger partial charge on any atom is 0.329 e. The minimum Gasteiger partial charge on any atom is -0.467 e. The molecule has 0 bridgehead atoms. The average Bonchev–Trinajstić information content (AvgIpc) is 3.23. The molecular formula is C22H40N2O5S. The number of carbonyl (C=O) groups is 3. The van der Waals surface area contributed by atoms with Crippen molar-refractivity contribution in [3.63, 3.8) is 0 Å². The molecule has 0 aliphatic carbocycles. The number of rotatable bonds is 11. The van der Waals surface area contributed by atoms with Crippen molar-refractivity contribution in [3.8, 4) is 0 Å². The molecule has 5 unspecified atom stereocenters. The number of hydrogen-bond donors (Lipinski definition) is 1. The van der Waals surface area contributed by atoms with E-state index in [0.717, 1.165) is 18.6 Å². The summed E-state index contributed by atoms with van der Waals surface area (Å²) in [6.07, 6.45) is 2.38. The van der Waals surface area contributed by atoms with E-state index in [1.807, 2.05) is 0 Å². The molecule has 1 N–H and O–H groups in total. The van der Waals surface area contributed by atoms with E-state index in [1.165, 1.54) is 19.1 Å². The fourth-order valence-electron chi connectivity index (χ4n) is 3.95. The number of likely N-dealkylation sites (tertiary alicyclic amines) is 1. The first-order valence-corrected chi connectivity index (χ1v) is 12.1. The fourth-order valence-corrected chi connectivity index (χ4v) is 5.38. The highest BCUT2D eigenvalue weighted by Gasteiger charge is 2.36. The minimum atomic E-state index is -0.748. The number of esters is 2. The van der Waals surface area contributed by atoms with Gasteiger partial charge in [-0.3, -0.25) is 0 Å². The summed E-state index contributed by atoms with van der Waals surface area (Å²) in [5.74, 6) is 2.84. The molecular weight excluding hydrogens is 404 g/mol. The topological polar surface area (TPSA) is 84.9 Å². The van der Waals surface area contributed by atoms with E-state index in [9.17, 15) is 14.4 Å². The Kier molecular flexibility index (Phi) is 11.6. The van der Waals surface area contributed by atoms with Crippen molar-refractivity contribution in [2.24, 2.45) is 23.7 Å². The van der Waals surface area contributed by atoms with Gasteiger partial charge in [0, 0.05) is 12.3 Å². The average molecular weight is 445 g/mol. The van der Waals surface area contributed by atoms with Crippen LogP contribution in [0.25, 0.3) is 0 Å². The Morgan fingerprint density at radius 3 is 2.27 bits per heavy atom. The number of ether oxygens (including phenoxy) is 2. The normalized spacial score (nSPS) is 20.4. The van der Waals surface area contributed by atoms with Crippen LogP contribution >= 0.6 is 11.8 Å². The van der Waals surface area contributed by atoms with Gasteiger partial charge < -0.3 is 19.7 Å². The zero-order valence-corrected chi connectivity index (χ0v) is 20.4. The molecule has 2 amide bonds. The van der Waals surface area contributed by atoms with Gasteiger partial charge in [-0.2, -0.15) is 11.8 Å². The lowest BCUT2D eigenvalue weighted by Gasteiger charge is -2.31. The van der Waals surface area contributed by atoms with Gasteiger partial charge in [0.2, 0.25) is 0 Å². The van der Waals surface area contributed by atoms with Crippen molar-refractivity contribution in [2.45, 2.75) is 66.0 Å². The number of nitrogens with one attached hydrogen (secondary N) is 1. The van der Waals surface area contributed by atoms with Crippen LogP contribution in [0, 0.1) is 23.7 Å². The second kappa shape index (κ2) is 13.1. The maximum absolute atomic E-state index is 12.7. The standard InChI is InChI=1S/C22H40N2O5S/c1-8-17(16(5)15(4)14(2)3)12-30-13-18(20(25)28-6)23-22(27)24-11-9-10-19(24)21(26)29-7/h14-19H,8-13H2,1-7H3,(H,23,27). The summed E-state index contributed by atoms with van der Waals surface area (Å²) >= 11 is 1.67. The van der Waals surface area contributed by atoms with Gasteiger partial charge in [0.05, 0.1) is 14.2 Å². The predicted octanol–water partition coefficient (Wildman–Crippen LogP) is 3.56. The van der Waals surface area contributed by atoms with E-state index in [2.05, 4.69) is 39.9 Å². The van der Waals surface area contributed by atoms with E-state index in [0.29, 0.717) is 42.4 Å². The summed E-state index contributed by atoms with van der Waals surface area (Å²) in [6.45, 7) is 11.8. The third-order valence-electron chi connectivity index (χ3n) is 6.54. The lowest BCUT2D eigenvalue weighted by atomic mass is 9.78. The van der Waals surface area contributed by atoms with Crippen molar-refractivity contribution >= 4 is 29.7 Å². The molecule has 174 valence electrons. The van der Waals surface area contributed by atoms with Gasteiger partial charge in [0.1, 0.15) is 12.1 Å². The van der Waals surface area contributed by atoms with Crippen LogP contribution in [0.1, 0.15) is 53.9 Å². The largest absolute Gasteiger partial charge is 0.467 e. The zero-order chi connectivity index (χ0) is 22.8. The summed E-state index contributed by atoms with van der Waals surface area (Å²) < 4.78 is 9.69. The quantitative estimate of drug-likeness (QED) is 0.491. The number of amides is 2. The van der Waals surface area contributed by atoms with Crippen LogP contribution in [0.2, 0.25) is 0 Å². The number of thioether (sulfide) groups is 1. The molecule has 1 rings (SSSR count). The van der Waals surface area contributed by atoms with Crippen LogP contribution in [0.3, 0.4) is 0 Å². The van der Waals surface area contributed by atoms with Gasteiger partial charge in [0.15, 0.2) is 0 Å². The Balaban J connectivity index is 2.69. The Morgan fingerprint density at radius 1 is 1.07 bits per heavy atom. The van der Waals surface area contributed by atoms with Gasteiger partial charge in [-0.05, 0) is 42.3 Å². The highest BCUT2D eigenvalue weighted by Crippen LogP contribution is 2.31. The van der Waals surface area contributed by atoms with Crippen molar-refractivity contribution in [1.82, 2.24) is 10.2 Å². The number of carbonyl (C=O) groups excluding carboxylic acids is 3. The van der Waals surface area contributed by atoms with Crippen LogP contribution in [0.4, 0.5) is 4.79 Å². The van der Waals surface area contributed by atoms with Crippen molar-refractivity contribution in [2.75, 3.05) is 32.3 Å². The van der Waals surface area contributed by atoms with Crippen molar-refractivity contribution in [3.05, 3.63) is 0 Å². The van der Waals surface area contributed by atoms with Gasteiger partial charge >= 0.3 is 18.0 Å². The molecule has 1 fully saturated rings. The molecule has 1 heterocycles. The van der Waals surface area contributed by atoms with Crippen LogP contribution in [-0.2, 0) is 19.1 Å². The third-order valence-corrected chi connectivity index (χ3v) is 7.77. The van der Waals surface area contributed by atoms with E-state index in [4.69, 9.17) is 9.47 Å². The van der Waals surface area contributed by atoms with E-state index in [-0.39, 0.29) is 0 Å². The maximum atomic E-state index is 12.7. The van der Waals surface area contributed by atoms with Crippen LogP contribution in [0.5, 0.6) is 0 Å². The van der Waals surface area contributed by atoms with E-state index < -0.39 is 30.1 Å². The van der Waals surface area contributed by atoms with Gasteiger partial charge in [-0.15, -0.1) is 0 Å². The van der Waals surface area contributed by atoms with Crippen LogP contribution in [-0.4, -0.2) is 67.2 Å². The molecule has 1 aliphatic rings. The molecule has 5 atom stereocenters. The minimum absolute atomic E-state index is 0.423. The Morgan fingerprint density at radius 2 is 1.73 bits per heavy atom. The zero-order valence-electron chi connectivity index (χ0n) is 19.6. The number of hydrogen-bond acceptors (Lipinski definition) is 6. The first-order chi connectivity index (χ1) is 14.2. The monoisotopic (exact) mass is 444 g/mol. The summed E-state index contributed by atoms with van der Waals surface area (Å²) in [5, 5.41) is 2.76. The van der Waals surface area contributed by atoms with Crippen LogP contribution in [0.15, 0.2) is 0 Å². The molecule has 7 nitrogen and oxygen atoms in total. The molecule has 1 aliphatic heterocycles.